The van der Waals surface area contributed by atoms with Gasteiger partial charge in [-0.3, -0.25) is 9.89 Å². The molecule has 7 heteroatoms. The molecule has 0 bridgehead atoms. The molecular formula is C21H20ClN3O3. The fourth-order valence-corrected chi connectivity index (χ4v) is 3.39. The number of aromatic nitrogens is 2. The van der Waals surface area contributed by atoms with Crippen molar-refractivity contribution >= 4 is 23.2 Å². The van der Waals surface area contributed by atoms with Gasteiger partial charge in [0.05, 0.1) is 36.2 Å². The Kier molecular flexibility index (Phi) is 4.96. The number of benzene rings is 2. The fraction of sp³-hybridized carbons (Fsp3) is 0.238. The van der Waals surface area contributed by atoms with Crippen LogP contribution in [0.5, 0.6) is 11.5 Å². The van der Waals surface area contributed by atoms with Gasteiger partial charge in [-0.05, 0) is 43.2 Å². The smallest absolute Gasteiger partial charge is 0.257 e. The van der Waals surface area contributed by atoms with Crippen molar-refractivity contribution < 1.29 is 14.3 Å². The summed E-state index contributed by atoms with van der Waals surface area (Å²) in [5, 5.41) is 11.0. The van der Waals surface area contributed by atoms with E-state index in [0.717, 1.165) is 24.1 Å². The summed E-state index contributed by atoms with van der Waals surface area (Å²) in [7, 11) is 3.18. The Balaban J connectivity index is 1.74. The lowest BCUT2D eigenvalue weighted by Crippen LogP contribution is -2.13. The van der Waals surface area contributed by atoms with Gasteiger partial charge in [-0.1, -0.05) is 23.7 Å². The quantitative estimate of drug-likeness (QED) is 0.621. The van der Waals surface area contributed by atoms with Crippen molar-refractivity contribution in [1.82, 2.24) is 10.2 Å². The minimum Gasteiger partial charge on any atom is -0.493 e. The molecule has 144 valence electrons. The Hall–Kier alpha value is -2.99. The van der Waals surface area contributed by atoms with Crippen LogP contribution in [-0.2, 0) is 0 Å². The molecule has 0 aliphatic heterocycles. The second kappa shape index (κ2) is 7.56. The van der Waals surface area contributed by atoms with Crippen molar-refractivity contribution in [1.29, 1.82) is 0 Å². The third kappa shape index (κ3) is 3.43. The first-order chi connectivity index (χ1) is 13.6. The van der Waals surface area contributed by atoms with Gasteiger partial charge in [-0.25, -0.2) is 0 Å². The molecule has 28 heavy (non-hydrogen) atoms. The Morgan fingerprint density at radius 1 is 1.14 bits per heavy atom. The lowest BCUT2D eigenvalue weighted by Gasteiger charge is -2.11. The van der Waals surface area contributed by atoms with E-state index in [1.54, 1.807) is 38.5 Å². The normalized spacial score (nSPS) is 13.2. The van der Waals surface area contributed by atoms with E-state index in [-0.39, 0.29) is 5.91 Å². The van der Waals surface area contributed by atoms with E-state index >= 15 is 0 Å². The number of ether oxygens (including phenoxy) is 2. The third-order valence-electron chi connectivity index (χ3n) is 4.79. The molecule has 2 N–H and O–H groups in total. The summed E-state index contributed by atoms with van der Waals surface area (Å²) in [6.07, 6.45) is 2.14. The molecule has 0 unspecified atom stereocenters. The third-order valence-corrected chi connectivity index (χ3v) is 5.12. The second-order valence-electron chi connectivity index (χ2n) is 6.64. The summed E-state index contributed by atoms with van der Waals surface area (Å²) in [5.74, 6) is 1.34. The number of nitrogens with zero attached hydrogens (tertiary/aromatic N) is 1. The summed E-state index contributed by atoms with van der Waals surface area (Å²) in [5.41, 5.74) is 3.51. The highest BCUT2D eigenvalue weighted by atomic mass is 35.5. The molecular weight excluding hydrogens is 378 g/mol. The highest BCUT2D eigenvalue weighted by Gasteiger charge is 2.31. The maximum absolute atomic E-state index is 12.9. The van der Waals surface area contributed by atoms with Crippen LogP contribution in [0.15, 0.2) is 42.5 Å². The summed E-state index contributed by atoms with van der Waals surface area (Å²) in [4.78, 5) is 12.9. The van der Waals surface area contributed by atoms with Crippen LogP contribution in [0.4, 0.5) is 5.69 Å². The number of anilines is 1. The lowest BCUT2D eigenvalue weighted by atomic mass is 10.1. The Morgan fingerprint density at radius 2 is 1.89 bits per heavy atom. The van der Waals surface area contributed by atoms with Gasteiger partial charge in [0.1, 0.15) is 5.69 Å². The minimum atomic E-state index is -0.268. The van der Waals surface area contributed by atoms with E-state index in [4.69, 9.17) is 21.1 Å². The maximum Gasteiger partial charge on any atom is 0.257 e. The van der Waals surface area contributed by atoms with E-state index in [2.05, 4.69) is 15.5 Å². The number of hydrogen-bond donors (Lipinski definition) is 2. The summed E-state index contributed by atoms with van der Waals surface area (Å²) < 4.78 is 10.7. The number of nitrogens with one attached hydrogen (secondary N) is 2. The monoisotopic (exact) mass is 397 g/mol. The molecule has 1 amide bonds. The number of amides is 1. The maximum atomic E-state index is 12.9. The van der Waals surface area contributed by atoms with Crippen molar-refractivity contribution in [3.63, 3.8) is 0 Å². The van der Waals surface area contributed by atoms with Gasteiger partial charge in [0.15, 0.2) is 11.5 Å². The minimum absolute atomic E-state index is 0.268. The first-order valence-corrected chi connectivity index (χ1v) is 9.36. The Morgan fingerprint density at radius 3 is 2.57 bits per heavy atom. The van der Waals surface area contributed by atoms with E-state index < -0.39 is 0 Å². The van der Waals surface area contributed by atoms with Gasteiger partial charge in [0.2, 0.25) is 0 Å². The van der Waals surface area contributed by atoms with Crippen LogP contribution in [0, 0.1) is 0 Å². The molecule has 1 fully saturated rings. The van der Waals surface area contributed by atoms with Crippen molar-refractivity contribution in [2.75, 3.05) is 19.5 Å². The van der Waals surface area contributed by atoms with Crippen LogP contribution in [-0.4, -0.2) is 30.3 Å². The zero-order chi connectivity index (χ0) is 19.7. The molecule has 1 saturated carbocycles. The fourth-order valence-electron chi connectivity index (χ4n) is 3.17. The standard InChI is InChI=1S/C21H20ClN3O3/c1-27-16-10-9-13(11-17(16)28-2)19-20(18(24-25-19)12-7-8-12)23-21(26)14-5-3-4-6-15(14)22/h3-6,9-12H,7-8H2,1-2H3,(H,23,26)(H,24,25). The highest BCUT2D eigenvalue weighted by molar-refractivity contribution is 6.34. The summed E-state index contributed by atoms with van der Waals surface area (Å²) in [6, 6.07) is 12.5. The van der Waals surface area contributed by atoms with Gasteiger partial charge in [0.25, 0.3) is 5.91 Å². The van der Waals surface area contributed by atoms with Gasteiger partial charge < -0.3 is 14.8 Å². The number of hydrogen-bond acceptors (Lipinski definition) is 4. The molecule has 1 aliphatic rings. The van der Waals surface area contributed by atoms with Crippen molar-refractivity contribution in [3.8, 4) is 22.8 Å². The van der Waals surface area contributed by atoms with E-state index in [9.17, 15) is 4.79 Å². The zero-order valence-electron chi connectivity index (χ0n) is 15.6. The summed E-state index contributed by atoms with van der Waals surface area (Å²) in [6.45, 7) is 0. The van der Waals surface area contributed by atoms with Crippen LogP contribution in [0.25, 0.3) is 11.3 Å². The molecule has 4 rings (SSSR count). The number of aromatic amines is 1. The van der Waals surface area contributed by atoms with Crippen LogP contribution in [0.1, 0.15) is 34.8 Å². The Labute approximate surface area is 167 Å². The van der Waals surface area contributed by atoms with Gasteiger partial charge in [-0.15, -0.1) is 0 Å². The molecule has 1 aromatic heterocycles. The lowest BCUT2D eigenvalue weighted by molar-refractivity contribution is 0.102. The SMILES string of the molecule is COc1ccc(-c2n[nH]c(C3CC3)c2NC(=O)c2ccccc2Cl)cc1OC. The number of H-pyrrole nitrogens is 1. The van der Waals surface area contributed by atoms with Crippen LogP contribution < -0.4 is 14.8 Å². The molecule has 0 saturated heterocycles. The molecule has 0 spiro atoms. The van der Waals surface area contributed by atoms with E-state index in [1.807, 2.05) is 18.2 Å². The topological polar surface area (TPSA) is 76.2 Å². The first kappa shape index (κ1) is 18.4. The predicted molar refractivity (Wildman–Crippen MR) is 109 cm³/mol. The molecule has 6 nitrogen and oxygen atoms in total. The van der Waals surface area contributed by atoms with Crippen molar-refractivity contribution in [2.45, 2.75) is 18.8 Å². The molecule has 0 radical (unpaired) electrons. The number of halogens is 1. The van der Waals surface area contributed by atoms with Gasteiger partial charge in [0, 0.05) is 11.5 Å². The highest BCUT2D eigenvalue weighted by Crippen LogP contribution is 2.46. The van der Waals surface area contributed by atoms with E-state index in [0.29, 0.717) is 39.4 Å². The molecule has 2 aromatic carbocycles. The van der Waals surface area contributed by atoms with E-state index in [1.165, 1.54) is 0 Å². The largest absolute Gasteiger partial charge is 0.493 e. The first-order valence-electron chi connectivity index (χ1n) is 8.99. The second-order valence-corrected chi connectivity index (χ2v) is 7.05. The number of rotatable bonds is 6. The van der Waals surface area contributed by atoms with Crippen LogP contribution in [0.3, 0.4) is 0 Å². The van der Waals surface area contributed by atoms with Crippen LogP contribution in [0.2, 0.25) is 5.02 Å². The predicted octanol–water partition coefficient (Wildman–Crippen LogP) is 4.88. The van der Waals surface area contributed by atoms with Gasteiger partial charge >= 0.3 is 0 Å². The van der Waals surface area contributed by atoms with Gasteiger partial charge in [-0.2, -0.15) is 5.10 Å². The number of carbonyl (C=O) groups excluding carboxylic acids is 1. The van der Waals surface area contributed by atoms with Crippen LogP contribution >= 0.6 is 11.6 Å². The summed E-state index contributed by atoms with van der Waals surface area (Å²) >= 11 is 6.19. The number of methoxy groups -OCH3 is 2. The van der Waals surface area contributed by atoms with Crippen molar-refractivity contribution in [2.24, 2.45) is 0 Å². The zero-order valence-corrected chi connectivity index (χ0v) is 16.3. The molecule has 1 heterocycles. The molecule has 3 aromatic rings. The average Bonchev–Trinajstić information content (AvgIpc) is 3.48. The average molecular weight is 398 g/mol. The van der Waals surface area contributed by atoms with Crippen molar-refractivity contribution in [3.05, 3.63) is 58.7 Å². The number of carbonyl (C=O) groups is 1. The molecule has 1 aliphatic carbocycles. The Bertz CT molecular complexity index is 1030. The molecule has 0 atom stereocenters.